The third-order valence-electron chi connectivity index (χ3n) is 28.1. The summed E-state index contributed by atoms with van der Waals surface area (Å²) in [5.74, 6) is 0. The fourth-order valence-electron chi connectivity index (χ4n) is 18.9. The quantitative estimate of drug-likeness (QED) is 0.150. The largest absolute Gasteiger partial charge is 0.354 e. The molecule has 0 amide bonds. The Bertz CT molecular complexity index is 6880. The van der Waals surface area contributed by atoms with Crippen LogP contribution in [0.1, 0.15) is 135 Å². The summed E-state index contributed by atoms with van der Waals surface area (Å²) < 4.78 is 0. The van der Waals surface area contributed by atoms with E-state index in [-0.39, 0.29) is 30.8 Å². The van der Waals surface area contributed by atoms with Crippen LogP contribution in [0.25, 0.3) is 59.6 Å². The Kier molecular flexibility index (Phi) is 26.2. The van der Waals surface area contributed by atoms with Gasteiger partial charge in [0.2, 0.25) is 28.4 Å². The number of anilines is 15. The lowest BCUT2D eigenvalue weighted by atomic mass is 9.92. The molecule has 5 aliphatic heterocycles. The second kappa shape index (κ2) is 36.5. The molecule has 5 atom stereocenters. The third kappa shape index (κ3) is 15.4. The minimum Gasteiger partial charge on any atom is -0.354 e. The standard InChI is InChI=1S/C24H20N4.C22H24N4.3C21H22N4/c1-16-11-12-19(18-9-7-6-8-10-18)15-22(16)28-17(2)27(5)21-14-13-20(25-3)23(26-4)24(21)28;1-12-13(2)15(4)21(16(5)14(12)3)26-17(6)25(9)19-11-10-18(23-7)20(24-8)22(19)26;1-12-11-19(15(4)14(3)13(12)2)25-16(5)24(8)18-10-9-17(22-6)20(23-7)21(18)25;1-12-11-13(2)20(15(4)14(12)3)25-16(5)24(8)18-10-9-17(22-6)19(23-7)21(18)25;1-12-11-13(2)15(4)20(14(12)3)25-16(5)24(8)18-10-9-17(22-6)19(23-7)21(18)25/h6-15,17H,1-2,5H3;10-11,17H,1-6,9H3;3*9-11,16H,1-5,8H3/t2*17-;3*16-/m00000/s1. The number of aryl methyl sites for hydroxylation is 6. The first kappa shape index (κ1) is 92.5. The Morgan fingerprint density at radius 2 is 0.457 bits per heavy atom. The summed E-state index contributed by atoms with van der Waals surface area (Å²) >= 11 is 0. The summed E-state index contributed by atoms with van der Waals surface area (Å²) in [6.45, 7) is 125. The Labute approximate surface area is 764 Å². The molecule has 20 heteroatoms. The molecule has 0 N–H and O–H groups in total. The first-order valence-electron chi connectivity index (χ1n) is 43.0. The zero-order valence-corrected chi connectivity index (χ0v) is 79.5. The van der Waals surface area contributed by atoms with Gasteiger partial charge in [0.1, 0.15) is 30.8 Å². The fraction of sp³-hybridized carbons (Fsp3) is 0.303. The maximum Gasteiger partial charge on any atom is 0.219 e. The van der Waals surface area contributed by atoms with Crippen molar-refractivity contribution in [3.63, 3.8) is 0 Å². The van der Waals surface area contributed by atoms with Crippen molar-refractivity contribution in [2.24, 2.45) is 0 Å². The molecule has 0 aromatic heterocycles. The second-order valence-electron chi connectivity index (χ2n) is 34.3. The van der Waals surface area contributed by atoms with E-state index < -0.39 is 0 Å². The van der Waals surface area contributed by atoms with E-state index in [4.69, 9.17) is 65.7 Å². The monoisotopic (exact) mass is 1700 g/mol. The molecule has 0 aliphatic carbocycles. The smallest absolute Gasteiger partial charge is 0.219 e. The van der Waals surface area contributed by atoms with Crippen molar-refractivity contribution in [1.82, 2.24) is 0 Å². The summed E-state index contributed by atoms with van der Waals surface area (Å²) in [7, 11) is 10.2. The number of hydrogen-bond acceptors (Lipinski definition) is 10. The van der Waals surface area contributed by atoms with Gasteiger partial charge in [0.05, 0.1) is 94.2 Å². The molecule has 5 heterocycles. The first-order chi connectivity index (χ1) is 61.3. The Hall–Kier alpha value is -15.7. The van der Waals surface area contributed by atoms with Crippen LogP contribution in [-0.4, -0.2) is 66.1 Å². The maximum atomic E-state index is 7.71. The number of nitrogens with zero attached hydrogens (tertiary/aromatic N) is 20. The molecule has 20 nitrogen and oxygen atoms in total. The van der Waals surface area contributed by atoms with Crippen LogP contribution in [0.15, 0.2) is 127 Å². The normalized spacial score (nSPS) is 15.6. The van der Waals surface area contributed by atoms with Crippen molar-refractivity contribution in [2.75, 3.05) is 84.2 Å². The van der Waals surface area contributed by atoms with Gasteiger partial charge in [0.25, 0.3) is 0 Å². The number of hydrogen-bond donors (Lipinski definition) is 0. The molecular weight excluding hydrogens is 1590 g/mol. The van der Waals surface area contributed by atoms with E-state index in [1.165, 1.54) is 94.6 Å². The topological polar surface area (TPSA) is 76.0 Å². The highest BCUT2D eigenvalue weighted by Gasteiger charge is 2.43. The van der Waals surface area contributed by atoms with E-state index in [1.54, 1.807) is 30.3 Å². The second-order valence-corrected chi connectivity index (χ2v) is 34.3. The first-order valence-corrected chi connectivity index (χ1v) is 43.0. The van der Waals surface area contributed by atoms with Gasteiger partial charge >= 0.3 is 0 Å². The van der Waals surface area contributed by atoms with Crippen LogP contribution < -0.4 is 49.0 Å². The number of rotatable bonds is 6. The van der Waals surface area contributed by atoms with Crippen LogP contribution in [0.3, 0.4) is 0 Å². The highest BCUT2D eigenvalue weighted by Crippen LogP contribution is 2.60. The molecule has 0 radical (unpaired) electrons. The average Bonchev–Trinajstić information content (AvgIpc) is 1.61. The molecule has 129 heavy (non-hydrogen) atoms. The summed E-state index contributed by atoms with van der Waals surface area (Å²) in [5, 5.41) is 0. The van der Waals surface area contributed by atoms with Crippen LogP contribution in [0.2, 0.25) is 0 Å². The molecule has 0 fully saturated rings. The zero-order valence-electron chi connectivity index (χ0n) is 79.5. The summed E-state index contributed by atoms with van der Waals surface area (Å²) in [6.07, 6.45) is 0.356. The van der Waals surface area contributed by atoms with E-state index in [1.807, 2.05) is 83.8 Å². The highest BCUT2D eigenvalue weighted by atomic mass is 15.4. The molecular formula is C109H110N20. The molecule has 0 saturated heterocycles. The third-order valence-corrected chi connectivity index (χ3v) is 28.1. The number of fused-ring (bicyclic) bond motifs is 5. The van der Waals surface area contributed by atoms with Gasteiger partial charge in [-0.15, -0.1) is 0 Å². The van der Waals surface area contributed by atoms with Crippen molar-refractivity contribution >= 4 is 142 Å². The van der Waals surface area contributed by atoms with Crippen LogP contribution >= 0.6 is 0 Å². The minimum absolute atomic E-state index is 0.0428. The Balaban J connectivity index is 0.000000146. The lowest BCUT2D eigenvalue weighted by Crippen LogP contribution is -2.36. The molecule has 0 bridgehead atoms. The van der Waals surface area contributed by atoms with Gasteiger partial charge in [0, 0.05) is 92.1 Å². The van der Waals surface area contributed by atoms with Gasteiger partial charge in [0.15, 0.2) is 28.4 Å². The van der Waals surface area contributed by atoms with E-state index >= 15 is 0 Å². The van der Waals surface area contributed by atoms with Crippen molar-refractivity contribution in [3.8, 4) is 11.1 Å². The van der Waals surface area contributed by atoms with E-state index in [2.05, 4.69) is 305 Å². The SMILES string of the molecule is [C-]#[N+]c1ccc2c(c1[N+]#[C-])N(c1c(C)c(C)c(C)c(C)c1C)[C@@H](C)N2C.[C-]#[N+]c1ccc2c(c1[N+]#[C-])N(c1c(C)c(C)cc(C)c1C)[C@@H](C)N2C.[C-]#[N+]c1ccc2c(c1[N+]#[C-])N(c1c(C)cc(C)c(C)c1C)[C@@H](C)N2C.[C-]#[N+]c1ccc2c(c1[N+]#[C-])N(c1cc(-c3ccccc3)ccc1C)[C@@H](C)N2C.[C-]#[N+]c1ccc2c(c1[N+]#[C-])N(c1cc(C)c(C)c(C)c1C)[C@@H](C)N2C. The van der Waals surface area contributed by atoms with Crippen LogP contribution in [0.4, 0.5) is 142 Å². The Morgan fingerprint density at radius 1 is 0.194 bits per heavy atom. The Morgan fingerprint density at radius 3 is 0.798 bits per heavy atom. The van der Waals surface area contributed by atoms with Crippen LogP contribution in [0, 0.1) is 190 Å². The van der Waals surface area contributed by atoms with Gasteiger partial charge in [-0.2, -0.15) is 0 Å². The molecule has 5 aliphatic rings. The molecule has 11 aromatic rings. The van der Waals surface area contributed by atoms with Gasteiger partial charge in [-0.05, 0) is 313 Å². The van der Waals surface area contributed by atoms with Gasteiger partial charge in [-0.25, -0.2) is 24.2 Å². The van der Waals surface area contributed by atoms with E-state index in [0.29, 0.717) is 56.9 Å². The van der Waals surface area contributed by atoms with Crippen molar-refractivity contribution in [2.45, 2.75) is 190 Å². The van der Waals surface area contributed by atoms with Crippen molar-refractivity contribution in [1.29, 1.82) is 0 Å². The van der Waals surface area contributed by atoms with E-state index in [0.717, 1.165) is 102 Å². The molecule has 0 unspecified atom stereocenters. The zero-order chi connectivity index (χ0) is 94.6. The van der Waals surface area contributed by atoms with Crippen LogP contribution in [0.5, 0.6) is 0 Å². The molecule has 646 valence electrons. The van der Waals surface area contributed by atoms with Gasteiger partial charge in [-0.3, -0.25) is 24.2 Å². The predicted octanol–water partition coefficient (Wildman–Crippen LogP) is 30.8. The summed E-state index contributed by atoms with van der Waals surface area (Å²) in [6, 6.07) is 41.9. The molecule has 16 rings (SSSR count). The number of benzene rings is 11. The average molecular weight is 1700 g/mol. The van der Waals surface area contributed by atoms with Crippen LogP contribution in [-0.2, 0) is 0 Å². The minimum atomic E-state index is 0.0428. The fourth-order valence-corrected chi connectivity index (χ4v) is 18.9. The highest BCUT2D eigenvalue weighted by molar-refractivity contribution is 6.05. The summed E-state index contributed by atoms with van der Waals surface area (Å²) in [5.41, 5.74) is 43.9. The molecule has 0 spiro atoms. The van der Waals surface area contributed by atoms with Gasteiger partial charge < -0.3 is 49.0 Å². The van der Waals surface area contributed by atoms with Crippen molar-refractivity contribution < 1.29 is 0 Å². The van der Waals surface area contributed by atoms with Gasteiger partial charge in [-0.1, -0.05) is 84.9 Å². The maximum absolute atomic E-state index is 7.71. The summed E-state index contributed by atoms with van der Waals surface area (Å²) in [4.78, 5) is 58.5. The predicted molar refractivity (Wildman–Crippen MR) is 538 cm³/mol. The molecule has 0 saturated carbocycles. The molecule has 11 aromatic carbocycles. The van der Waals surface area contributed by atoms with Crippen molar-refractivity contribution in [3.05, 3.63) is 342 Å². The lowest BCUT2D eigenvalue weighted by molar-refractivity contribution is 0.730. The van der Waals surface area contributed by atoms with E-state index in [9.17, 15) is 0 Å². The lowest BCUT2D eigenvalue weighted by Gasteiger charge is -2.33.